The number of halogens is 1. The minimum atomic E-state index is 0. The van der Waals surface area contributed by atoms with Crippen molar-refractivity contribution >= 4 is 18.2 Å². The molecule has 1 aromatic rings. The van der Waals surface area contributed by atoms with Gasteiger partial charge in [-0.15, -0.1) is 12.4 Å². The first-order valence-electron chi connectivity index (χ1n) is 4.24. The van der Waals surface area contributed by atoms with E-state index in [-0.39, 0.29) is 30.5 Å². The van der Waals surface area contributed by atoms with Crippen LogP contribution in [0.2, 0.25) is 0 Å². The third-order valence-electron chi connectivity index (χ3n) is 1.94. The lowest BCUT2D eigenvalue weighted by Crippen LogP contribution is -2.01. The van der Waals surface area contributed by atoms with Gasteiger partial charge in [0.05, 0.1) is 0 Å². The van der Waals surface area contributed by atoms with Crippen molar-refractivity contribution in [3.8, 4) is 5.75 Å². The van der Waals surface area contributed by atoms with E-state index in [4.69, 9.17) is 5.73 Å². The highest BCUT2D eigenvalue weighted by Crippen LogP contribution is 2.18. The summed E-state index contributed by atoms with van der Waals surface area (Å²) < 4.78 is 0. The number of nitrogens with two attached hydrogens (primary N) is 1. The summed E-state index contributed by atoms with van der Waals surface area (Å²) in [5.41, 5.74) is 6.61. The molecule has 0 aliphatic carbocycles. The topological polar surface area (TPSA) is 63.3 Å². The van der Waals surface area contributed by atoms with Crippen LogP contribution in [-0.2, 0) is 6.54 Å². The molecule has 0 unspecified atom stereocenters. The zero-order valence-electron chi connectivity index (χ0n) is 7.99. The Labute approximate surface area is 89.3 Å². The maximum Gasteiger partial charge on any atom is 0.162 e. The largest absolute Gasteiger partial charge is 0.508 e. The summed E-state index contributed by atoms with van der Waals surface area (Å²) in [7, 11) is 0. The van der Waals surface area contributed by atoms with Crippen molar-refractivity contribution < 1.29 is 9.90 Å². The number of Topliss-reactive ketones (excluding diaryl/α,β-unsaturated/α-hetero) is 1. The molecule has 3 nitrogen and oxygen atoms in total. The van der Waals surface area contributed by atoms with Gasteiger partial charge in [0.15, 0.2) is 5.78 Å². The van der Waals surface area contributed by atoms with E-state index in [1.807, 2.05) is 0 Å². The number of phenols is 1. The number of ketones is 1. The molecule has 0 aromatic heterocycles. The second-order valence-corrected chi connectivity index (χ2v) is 2.82. The normalized spacial score (nSPS) is 9.29. The van der Waals surface area contributed by atoms with E-state index in [1.54, 1.807) is 19.1 Å². The Morgan fingerprint density at radius 1 is 1.50 bits per heavy atom. The molecule has 0 saturated carbocycles. The summed E-state index contributed by atoms with van der Waals surface area (Å²) in [5.74, 6) is 0.213. The molecule has 14 heavy (non-hydrogen) atoms. The quantitative estimate of drug-likeness (QED) is 0.757. The molecular formula is C10H14ClNO2. The molecule has 0 saturated heterocycles. The molecule has 0 atom stereocenters. The number of aromatic hydroxyl groups is 1. The van der Waals surface area contributed by atoms with Crippen molar-refractivity contribution in [1.82, 2.24) is 0 Å². The zero-order valence-corrected chi connectivity index (χ0v) is 8.80. The van der Waals surface area contributed by atoms with Gasteiger partial charge in [0, 0.05) is 24.1 Å². The molecule has 0 fully saturated rings. The van der Waals surface area contributed by atoms with Crippen molar-refractivity contribution in [2.45, 2.75) is 19.9 Å². The third-order valence-corrected chi connectivity index (χ3v) is 1.94. The van der Waals surface area contributed by atoms with E-state index in [0.717, 1.165) is 0 Å². The van der Waals surface area contributed by atoms with Crippen LogP contribution in [0.1, 0.15) is 29.3 Å². The Morgan fingerprint density at radius 3 is 2.64 bits per heavy atom. The van der Waals surface area contributed by atoms with E-state index >= 15 is 0 Å². The fourth-order valence-corrected chi connectivity index (χ4v) is 1.13. The Morgan fingerprint density at radius 2 is 2.14 bits per heavy atom. The number of phenolic OH excluding ortho intramolecular Hbond substituents is 1. The molecule has 4 heteroatoms. The van der Waals surface area contributed by atoms with Crippen molar-refractivity contribution in [3.05, 3.63) is 29.3 Å². The van der Waals surface area contributed by atoms with E-state index in [1.165, 1.54) is 6.07 Å². The van der Waals surface area contributed by atoms with Crippen molar-refractivity contribution in [3.63, 3.8) is 0 Å². The first-order chi connectivity index (χ1) is 6.19. The number of rotatable bonds is 3. The van der Waals surface area contributed by atoms with Gasteiger partial charge in [0.25, 0.3) is 0 Å². The molecule has 0 aliphatic rings. The lowest BCUT2D eigenvalue weighted by Gasteiger charge is -2.03. The molecule has 0 spiro atoms. The van der Waals surface area contributed by atoms with Crippen LogP contribution >= 0.6 is 12.4 Å². The Hall–Kier alpha value is -1.06. The molecule has 0 bridgehead atoms. The van der Waals surface area contributed by atoms with Gasteiger partial charge < -0.3 is 10.8 Å². The fraction of sp³-hybridized carbons (Fsp3) is 0.300. The van der Waals surface area contributed by atoms with Gasteiger partial charge in [-0.25, -0.2) is 0 Å². The summed E-state index contributed by atoms with van der Waals surface area (Å²) in [6.45, 7) is 2.05. The van der Waals surface area contributed by atoms with Crippen LogP contribution in [-0.4, -0.2) is 10.9 Å². The maximum atomic E-state index is 11.3. The smallest absolute Gasteiger partial charge is 0.162 e. The molecule has 1 rings (SSSR count). The first-order valence-corrected chi connectivity index (χ1v) is 4.24. The van der Waals surface area contributed by atoms with Gasteiger partial charge in [-0.3, -0.25) is 4.79 Å². The summed E-state index contributed by atoms with van der Waals surface area (Å²) in [6, 6.07) is 4.76. The molecule has 78 valence electrons. The molecule has 0 heterocycles. The van der Waals surface area contributed by atoms with Crippen LogP contribution in [0.3, 0.4) is 0 Å². The standard InChI is InChI=1S/C10H13NO2.ClH/c1-2-9(12)7-3-4-10(13)8(5-7)6-11;/h3-5,13H,2,6,11H2,1H3;1H. The second kappa shape index (κ2) is 5.62. The van der Waals surface area contributed by atoms with Gasteiger partial charge in [0.2, 0.25) is 0 Å². The number of carbonyl (C=O) groups excluding carboxylic acids is 1. The predicted molar refractivity (Wildman–Crippen MR) is 57.9 cm³/mol. The lowest BCUT2D eigenvalue weighted by molar-refractivity contribution is 0.0988. The van der Waals surface area contributed by atoms with Crippen molar-refractivity contribution in [2.75, 3.05) is 0 Å². The summed E-state index contributed by atoms with van der Waals surface area (Å²) in [6.07, 6.45) is 0.467. The number of carbonyl (C=O) groups is 1. The zero-order chi connectivity index (χ0) is 9.84. The van der Waals surface area contributed by atoms with E-state index in [0.29, 0.717) is 17.5 Å². The second-order valence-electron chi connectivity index (χ2n) is 2.82. The number of benzene rings is 1. The third kappa shape index (κ3) is 2.72. The number of hydrogen-bond acceptors (Lipinski definition) is 3. The maximum absolute atomic E-state index is 11.3. The van der Waals surface area contributed by atoms with E-state index in [2.05, 4.69) is 0 Å². The van der Waals surface area contributed by atoms with Crippen molar-refractivity contribution in [1.29, 1.82) is 0 Å². The monoisotopic (exact) mass is 215 g/mol. The van der Waals surface area contributed by atoms with Crippen LogP contribution in [0, 0.1) is 0 Å². The number of hydrogen-bond donors (Lipinski definition) is 2. The molecule has 0 aliphatic heterocycles. The highest BCUT2D eigenvalue weighted by molar-refractivity contribution is 5.96. The van der Waals surface area contributed by atoms with Crippen LogP contribution < -0.4 is 5.73 Å². The average Bonchev–Trinajstić information content (AvgIpc) is 2.17. The Bertz CT molecular complexity index is 326. The van der Waals surface area contributed by atoms with Crippen LogP contribution in [0.5, 0.6) is 5.75 Å². The summed E-state index contributed by atoms with van der Waals surface area (Å²) in [4.78, 5) is 11.3. The minimum Gasteiger partial charge on any atom is -0.508 e. The van der Waals surface area contributed by atoms with E-state index < -0.39 is 0 Å². The predicted octanol–water partition coefficient (Wildman–Crippen LogP) is 1.87. The van der Waals surface area contributed by atoms with Crippen molar-refractivity contribution in [2.24, 2.45) is 5.73 Å². The van der Waals surface area contributed by atoms with Gasteiger partial charge in [-0.2, -0.15) is 0 Å². The van der Waals surface area contributed by atoms with Crippen LogP contribution in [0.25, 0.3) is 0 Å². The molecule has 0 amide bonds. The van der Waals surface area contributed by atoms with Crippen LogP contribution in [0.15, 0.2) is 18.2 Å². The fourth-order valence-electron chi connectivity index (χ4n) is 1.13. The van der Waals surface area contributed by atoms with Gasteiger partial charge in [-0.1, -0.05) is 6.92 Å². The Kier molecular flexibility index (Phi) is 5.20. The average molecular weight is 216 g/mol. The highest BCUT2D eigenvalue weighted by Gasteiger charge is 2.05. The lowest BCUT2D eigenvalue weighted by atomic mass is 10.1. The minimum absolute atomic E-state index is 0. The molecule has 1 aromatic carbocycles. The summed E-state index contributed by atoms with van der Waals surface area (Å²) >= 11 is 0. The SMILES string of the molecule is CCC(=O)c1ccc(O)c(CN)c1.Cl. The van der Waals surface area contributed by atoms with Crippen LogP contribution in [0.4, 0.5) is 0 Å². The van der Waals surface area contributed by atoms with Gasteiger partial charge >= 0.3 is 0 Å². The van der Waals surface area contributed by atoms with E-state index in [9.17, 15) is 9.90 Å². The highest BCUT2D eigenvalue weighted by atomic mass is 35.5. The summed E-state index contributed by atoms with van der Waals surface area (Å²) in [5, 5.41) is 9.30. The molecule has 3 N–H and O–H groups in total. The molecular weight excluding hydrogens is 202 g/mol. The Balaban J connectivity index is 0.00000169. The van der Waals surface area contributed by atoms with Gasteiger partial charge in [-0.05, 0) is 18.2 Å². The molecule has 0 radical (unpaired) electrons. The van der Waals surface area contributed by atoms with Gasteiger partial charge in [0.1, 0.15) is 5.75 Å². The first kappa shape index (κ1) is 12.9.